The highest BCUT2D eigenvalue weighted by molar-refractivity contribution is 9.10. The molecule has 6 heteroatoms. The Morgan fingerprint density at radius 3 is 2.89 bits per heavy atom. The van der Waals surface area contributed by atoms with E-state index in [-0.39, 0.29) is 10.8 Å². The second-order valence-corrected chi connectivity index (χ2v) is 6.70. The molecule has 1 aromatic carbocycles. The Morgan fingerprint density at radius 2 is 2.28 bits per heavy atom. The first kappa shape index (κ1) is 13.7. The van der Waals surface area contributed by atoms with Crippen LogP contribution in [0, 0.1) is 0 Å². The zero-order chi connectivity index (χ0) is 13.1. The number of halogens is 1. The molecule has 0 aromatic heterocycles. The van der Waals surface area contributed by atoms with E-state index in [1.54, 1.807) is 12.1 Å². The van der Waals surface area contributed by atoms with Crippen molar-refractivity contribution in [1.29, 1.82) is 0 Å². The molecule has 0 spiro atoms. The molecule has 4 nitrogen and oxygen atoms in total. The average Bonchev–Trinajstić information content (AvgIpc) is 2.38. The Balaban J connectivity index is 2.33. The summed E-state index contributed by atoms with van der Waals surface area (Å²) < 4.78 is 18.5. The molecule has 1 aliphatic rings. The molecular weight excluding hydrogens is 320 g/mol. The Kier molecular flexibility index (Phi) is 4.53. The molecule has 2 unspecified atom stereocenters. The topological polar surface area (TPSA) is 63.6 Å². The monoisotopic (exact) mass is 332 g/mol. The molecule has 2 atom stereocenters. The molecule has 1 aromatic rings. The van der Waals surface area contributed by atoms with Crippen molar-refractivity contribution in [3.8, 4) is 0 Å². The maximum absolute atomic E-state index is 12.4. The second-order valence-electron chi connectivity index (χ2n) is 4.08. The number of benzene rings is 1. The Morgan fingerprint density at radius 1 is 1.50 bits per heavy atom. The van der Waals surface area contributed by atoms with Gasteiger partial charge in [0, 0.05) is 11.1 Å². The number of hydrogen-bond acceptors (Lipinski definition) is 3. The Bertz CT molecular complexity index is 483. The number of carboxylic acids is 1. The third-order valence-corrected chi connectivity index (χ3v) is 5.05. The fraction of sp³-hybridized carbons (Fsp3) is 0.417. The van der Waals surface area contributed by atoms with Crippen molar-refractivity contribution < 1.29 is 18.8 Å². The fourth-order valence-electron chi connectivity index (χ4n) is 1.90. The average molecular weight is 333 g/mol. The van der Waals surface area contributed by atoms with Gasteiger partial charge in [-0.25, -0.2) is 4.79 Å². The van der Waals surface area contributed by atoms with Gasteiger partial charge in [-0.15, -0.1) is 0 Å². The highest BCUT2D eigenvalue weighted by Gasteiger charge is 2.25. The van der Waals surface area contributed by atoms with Crippen molar-refractivity contribution in [3.63, 3.8) is 0 Å². The van der Waals surface area contributed by atoms with Crippen LogP contribution in [-0.2, 0) is 15.5 Å². The minimum atomic E-state index is -1.35. The van der Waals surface area contributed by atoms with Crippen molar-refractivity contribution in [2.75, 3.05) is 13.2 Å². The lowest BCUT2D eigenvalue weighted by molar-refractivity contribution is 0.0692. The van der Waals surface area contributed by atoms with E-state index in [2.05, 4.69) is 15.9 Å². The molecule has 1 fully saturated rings. The third-order valence-electron chi connectivity index (χ3n) is 2.81. The quantitative estimate of drug-likeness (QED) is 0.923. The van der Waals surface area contributed by atoms with Crippen molar-refractivity contribution in [2.45, 2.75) is 23.0 Å². The van der Waals surface area contributed by atoms with Crippen LogP contribution in [0.15, 0.2) is 27.6 Å². The van der Waals surface area contributed by atoms with E-state index in [1.165, 1.54) is 6.07 Å². The molecule has 1 N–H and O–H groups in total. The SMILES string of the molecule is O=C(O)c1ccc(Br)cc1S(=O)C1CCCOC1. The lowest BCUT2D eigenvalue weighted by Gasteiger charge is -2.22. The molecular formula is C12H13BrO4S. The molecule has 98 valence electrons. The number of hydrogen-bond donors (Lipinski definition) is 1. The van der Waals surface area contributed by atoms with Gasteiger partial charge in [0.1, 0.15) is 0 Å². The van der Waals surface area contributed by atoms with E-state index in [0.29, 0.717) is 18.1 Å². The largest absolute Gasteiger partial charge is 0.478 e. The number of carbonyl (C=O) groups is 1. The maximum atomic E-state index is 12.4. The Hall–Kier alpha value is -0.720. The van der Waals surface area contributed by atoms with Gasteiger partial charge in [0.2, 0.25) is 0 Å². The summed E-state index contributed by atoms with van der Waals surface area (Å²) in [6.07, 6.45) is 1.67. The zero-order valence-corrected chi connectivity index (χ0v) is 12.0. The number of rotatable bonds is 3. The van der Waals surface area contributed by atoms with E-state index < -0.39 is 16.8 Å². The molecule has 18 heavy (non-hydrogen) atoms. The van der Waals surface area contributed by atoms with E-state index in [0.717, 1.165) is 17.3 Å². The summed E-state index contributed by atoms with van der Waals surface area (Å²) in [6.45, 7) is 1.12. The van der Waals surface area contributed by atoms with Crippen molar-refractivity contribution >= 4 is 32.7 Å². The van der Waals surface area contributed by atoms with Crippen LogP contribution in [0.5, 0.6) is 0 Å². The highest BCUT2D eigenvalue weighted by Crippen LogP contribution is 2.25. The predicted molar refractivity (Wildman–Crippen MR) is 71.4 cm³/mol. The molecule has 2 rings (SSSR count). The predicted octanol–water partition coefficient (Wildman–Crippen LogP) is 2.43. The van der Waals surface area contributed by atoms with Gasteiger partial charge >= 0.3 is 5.97 Å². The molecule has 0 amide bonds. The molecule has 0 radical (unpaired) electrons. The summed E-state index contributed by atoms with van der Waals surface area (Å²) in [6, 6.07) is 4.74. The minimum absolute atomic E-state index is 0.0992. The van der Waals surface area contributed by atoms with Crippen molar-refractivity contribution in [1.82, 2.24) is 0 Å². The van der Waals surface area contributed by atoms with Crippen molar-refractivity contribution in [2.24, 2.45) is 0 Å². The second kappa shape index (κ2) is 5.95. The first-order chi connectivity index (χ1) is 8.59. The van der Waals surface area contributed by atoms with Crippen LogP contribution in [0.4, 0.5) is 0 Å². The summed E-state index contributed by atoms with van der Waals surface area (Å²) >= 11 is 3.28. The number of aromatic carboxylic acids is 1. The summed E-state index contributed by atoms with van der Waals surface area (Å²) in [5, 5.41) is 9.00. The van der Waals surface area contributed by atoms with Crippen LogP contribution in [0.3, 0.4) is 0 Å². The van der Waals surface area contributed by atoms with E-state index in [9.17, 15) is 9.00 Å². The van der Waals surface area contributed by atoms with Crippen LogP contribution in [0.25, 0.3) is 0 Å². The first-order valence-corrected chi connectivity index (χ1v) is 7.61. The molecule has 1 saturated heterocycles. The zero-order valence-electron chi connectivity index (χ0n) is 9.60. The summed E-state index contributed by atoms with van der Waals surface area (Å²) in [5.41, 5.74) is 0.0992. The van der Waals surface area contributed by atoms with Crippen LogP contribution in [-0.4, -0.2) is 33.7 Å². The first-order valence-electron chi connectivity index (χ1n) is 5.61. The van der Waals surface area contributed by atoms with E-state index >= 15 is 0 Å². The fourth-order valence-corrected chi connectivity index (χ4v) is 3.99. The molecule has 0 aliphatic carbocycles. The highest BCUT2D eigenvalue weighted by atomic mass is 79.9. The van der Waals surface area contributed by atoms with E-state index in [4.69, 9.17) is 9.84 Å². The molecule has 1 aliphatic heterocycles. The lowest BCUT2D eigenvalue weighted by atomic mass is 10.2. The molecule has 0 bridgehead atoms. The summed E-state index contributed by atoms with van der Waals surface area (Å²) in [5.74, 6) is -1.05. The van der Waals surface area contributed by atoms with Gasteiger partial charge < -0.3 is 9.84 Å². The molecule has 0 saturated carbocycles. The van der Waals surface area contributed by atoms with Gasteiger partial charge in [-0.2, -0.15) is 0 Å². The number of ether oxygens (including phenoxy) is 1. The van der Waals surface area contributed by atoms with Crippen LogP contribution >= 0.6 is 15.9 Å². The van der Waals surface area contributed by atoms with Gasteiger partial charge in [0.05, 0.1) is 33.1 Å². The van der Waals surface area contributed by atoms with Crippen LogP contribution in [0.1, 0.15) is 23.2 Å². The summed E-state index contributed by atoms with van der Waals surface area (Å²) in [4.78, 5) is 11.5. The maximum Gasteiger partial charge on any atom is 0.336 e. The smallest absolute Gasteiger partial charge is 0.336 e. The normalized spacial score (nSPS) is 21.5. The van der Waals surface area contributed by atoms with Gasteiger partial charge in [0.25, 0.3) is 0 Å². The van der Waals surface area contributed by atoms with Crippen LogP contribution in [0.2, 0.25) is 0 Å². The van der Waals surface area contributed by atoms with Gasteiger partial charge in [-0.05, 0) is 31.0 Å². The third kappa shape index (κ3) is 2.99. The number of carboxylic acid groups (broad SMARTS) is 1. The van der Waals surface area contributed by atoms with Crippen LogP contribution < -0.4 is 0 Å². The summed E-state index contributed by atoms with van der Waals surface area (Å²) in [7, 11) is -1.35. The van der Waals surface area contributed by atoms with Gasteiger partial charge in [-0.3, -0.25) is 4.21 Å². The molecule has 1 heterocycles. The standard InChI is InChI=1S/C12H13BrO4S/c13-8-3-4-10(12(14)15)11(6-8)18(16)9-2-1-5-17-7-9/h3-4,6,9H,1-2,5,7H2,(H,14,15). The minimum Gasteiger partial charge on any atom is -0.478 e. The van der Waals surface area contributed by atoms with Crippen molar-refractivity contribution in [3.05, 3.63) is 28.2 Å². The lowest BCUT2D eigenvalue weighted by Crippen LogP contribution is -2.27. The van der Waals surface area contributed by atoms with E-state index in [1.807, 2.05) is 0 Å². The van der Waals surface area contributed by atoms with Gasteiger partial charge in [0.15, 0.2) is 0 Å². The Labute approximate surface area is 116 Å². The van der Waals surface area contributed by atoms with Gasteiger partial charge in [-0.1, -0.05) is 15.9 Å².